The molecule has 6 nitrogen and oxygen atoms in total. The van der Waals surface area contributed by atoms with E-state index in [9.17, 15) is 13.2 Å². The fourth-order valence-corrected chi connectivity index (χ4v) is 2.36. The Kier molecular flexibility index (Phi) is 8.11. The number of guanidine groups is 1. The molecular weight excluding hydrogens is 383 g/mol. The molecule has 2 aromatic rings. The molecule has 0 saturated carbocycles. The number of hydrogen-bond acceptors (Lipinski definition) is 4. The lowest BCUT2D eigenvalue weighted by Gasteiger charge is -2.14. The smallest absolute Gasteiger partial charge is 0.422 e. The highest BCUT2D eigenvalue weighted by Gasteiger charge is 2.28. The SMILES string of the molecule is CCNC(=NCc1ccc(OCC(F)(F)F)cc1)NCc1cccc(N(C)C)n1. The average Bonchev–Trinajstić information content (AvgIpc) is 2.69. The van der Waals surface area contributed by atoms with E-state index in [-0.39, 0.29) is 5.75 Å². The molecule has 1 aromatic carbocycles. The topological polar surface area (TPSA) is 61.8 Å². The second-order valence-electron chi connectivity index (χ2n) is 6.48. The van der Waals surface area contributed by atoms with Gasteiger partial charge in [-0.25, -0.2) is 9.98 Å². The van der Waals surface area contributed by atoms with Crippen molar-refractivity contribution in [1.82, 2.24) is 15.6 Å². The van der Waals surface area contributed by atoms with Crippen molar-refractivity contribution in [2.75, 3.05) is 32.1 Å². The maximum absolute atomic E-state index is 12.2. The first-order valence-corrected chi connectivity index (χ1v) is 9.21. The minimum Gasteiger partial charge on any atom is -0.484 e. The van der Waals surface area contributed by atoms with Gasteiger partial charge in [0.05, 0.1) is 18.8 Å². The van der Waals surface area contributed by atoms with E-state index in [0.717, 1.165) is 17.1 Å². The van der Waals surface area contributed by atoms with Crippen LogP contribution in [0.2, 0.25) is 0 Å². The number of hydrogen-bond donors (Lipinski definition) is 2. The van der Waals surface area contributed by atoms with Crippen LogP contribution >= 0.6 is 0 Å². The standard InChI is InChI=1S/C20H26F3N5O/c1-4-24-19(26-13-16-6-5-7-18(27-16)28(2)3)25-12-15-8-10-17(11-9-15)29-14-20(21,22)23/h5-11H,4,12-14H2,1-3H3,(H2,24,25,26). The monoisotopic (exact) mass is 409 g/mol. The summed E-state index contributed by atoms with van der Waals surface area (Å²) in [6, 6.07) is 12.2. The molecule has 0 aliphatic carbocycles. The highest BCUT2D eigenvalue weighted by atomic mass is 19.4. The van der Waals surface area contributed by atoms with E-state index in [4.69, 9.17) is 4.74 Å². The molecule has 0 radical (unpaired) electrons. The minimum atomic E-state index is -4.35. The van der Waals surface area contributed by atoms with Crippen molar-refractivity contribution in [2.45, 2.75) is 26.2 Å². The molecule has 0 saturated heterocycles. The minimum absolute atomic E-state index is 0.173. The van der Waals surface area contributed by atoms with Gasteiger partial charge in [-0.3, -0.25) is 0 Å². The van der Waals surface area contributed by atoms with Gasteiger partial charge in [0.25, 0.3) is 0 Å². The molecule has 0 aliphatic rings. The summed E-state index contributed by atoms with van der Waals surface area (Å²) in [4.78, 5) is 11.0. The fraction of sp³-hybridized carbons (Fsp3) is 0.400. The van der Waals surface area contributed by atoms with E-state index in [1.807, 2.05) is 44.1 Å². The molecule has 0 spiro atoms. The van der Waals surface area contributed by atoms with E-state index in [1.165, 1.54) is 12.1 Å². The molecular formula is C20H26F3N5O. The third kappa shape index (κ3) is 8.28. The first-order chi connectivity index (χ1) is 13.8. The molecule has 0 bridgehead atoms. The molecule has 9 heteroatoms. The van der Waals surface area contributed by atoms with Crippen LogP contribution in [0.3, 0.4) is 0 Å². The highest BCUT2D eigenvalue weighted by Crippen LogP contribution is 2.19. The number of ether oxygens (including phenoxy) is 1. The van der Waals surface area contributed by atoms with Gasteiger partial charge >= 0.3 is 6.18 Å². The van der Waals surface area contributed by atoms with Crippen LogP contribution in [-0.4, -0.2) is 44.4 Å². The van der Waals surface area contributed by atoms with Gasteiger partial charge in [0.1, 0.15) is 11.6 Å². The molecule has 2 N–H and O–H groups in total. The van der Waals surface area contributed by atoms with Gasteiger partial charge in [0.15, 0.2) is 12.6 Å². The van der Waals surface area contributed by atoms with E-state index in [1.54, 1.807) is 12.1 Å². The van der Waals surface area contributed by atoms with Crippen LogP contribution in [0.5, 0.6) is 5.75 Å². The van der Waals surface area contributed by atoms with Crippen LogP contribution in [0.1, 0.15) is 18.2 Å². The Hall–Kier alpha value is -2.97. The molecule has 158 valence electrons. The summed E-state index contributed by atoms with van der Waals surface area (Å²) >= 11 is 0. The zero-order valence-corrected chi connectivity index (χ0v) is 16.8. The Balaban J connectivity index is 1.93. The molecule has 2 rings (SSSR count). The number of nitrogens with zero attached hydrogens (tertiary/aromatic N) is 3. The van der Waals surface area contributed by atoms with Gasteiger partial charge in [0.2, 0.25) is 0 Å². The highest BCUT2D eigenvalue weighted by molar-refractivity contribution is 5.79. The zero-order valence-electron chi connectivity index (χ0n) is 16.8. The maximum atomic E-state index is 12.2. The summed E-state index contributed by atoms with van der Waals surface area (Å²) in [5.74, 6) is 1.67. The van der Waals surface area contributed by atoms with Crippen LogP contribution in [0, 0.1) is 0 Å². The third-order valence-corrected chi connectivity index (χ3v) is 3.78. The van der Waals surface area contributed by atoms with Gasteiger partial charge in [-0.2, -0.15) is 13.2 Å². The summed E-state index contributed by atoms with van der Waals surface area (Å²) in [5, 5.41) is 6.39. The van der Waals surface area contributed by atoms with Crippen LogP contribution in [0.4, 0.5) is 19.0 Å². The van der Waals surface area contributed by atoms with Crippen LogP contribution in [0.15, 0.2) is 47.5 Å². The van der Waals surface area contributed by atoms with Crippen molar-refractivity contribution >= 4 is 11.8 Å². The first kappa shape index (κ1) is 22.3. The second-order valence-corrected chi connectivity index (χ2v) is 6.48. The van der Waals surface area contributed by atoms with Crippen LogP contribution < -0.4 is 20.3 Å². The van der Waals surface area contributed by atoms with Gasteiger partial charge < -0.3 is 20.3 Å². The number of aliphatic imine (C=N–C) groups is 1. The lowest BCUT2D eigenvalue weighted by Crippen LogP contribution is -2.37. The van der Waals surface area contributed by atoms with Crippen molar-refractivity contribution in [3.05, 3.63) is 53.7 Å². The Bertz CT molecular complexity index is 791. The number of pyridine rings is 1. The predicted octanol–water partition coefficient (Wildman–Crippen LogP) is 3.34. The van der Waals surface area contributed by atoms with Gasteiger partial charge in [0, 0.05) is 20.6 Å². The maximum Gasteiger partial charge on any atom is 0.422 e. The summed E-state index contributed by atoms with van der Waals surface area (Å²) < 4.78 is 41.3. The number of rotatable bonds is 8. The average molecular weight is 409 g/mol. The third-order valence-electron chi connectivity index (χ3n) is 3.78. The first-order valence-electron chi connectivity index (χ1n) is 9.21. The number of aromatic nitrogens is 1. The fourth-order valence-electron chi connectivity index (χ4n) is 2.36. The lowest BCUT2D eigenvalue weighted by molar-refractivity contribution is -0.153. The molecule has 29 heavy (non-hydrogen) atoms. The number of nitrogens with one attached hydrogen (secondary N) is 2. The number of halogens is 3. The van der Waals surface area contributed by atoms with E-state index >= 15 is 0 Å². The molecule has 0 aliphatic heterocycles. The summed E-state index contributed by atoms with van der Waals surface area (Å²) in [6.45, 7) is 2.25. The van der Waals surface area contributed by atoms with Crippen molar-refractivity contribution < 1.29 is 17.9 Å². The quantitative estimate of drug-likeness (QED) is 0.517. The van der Waals surface area contributed by atoms with Crippen LogP contribution in [-0.2, 0) is 13.1 Å². The normalized spacial score (nSPS) is 11.9. The Morgan fingerprint density at radius 3 is 2.45 bits per heavy atom. The number of benzene rings is 1. The van der Waals surface area contributed by atoms with Gasteiger partial charge in [-0.1, -0.05) is 18.2 Å². The van der Waals surface area contributed by atoms with Crippen molar-refractivity contribution in [2.24, 2.45) is 4.99 Å². The molecule has 0 unspecified atom stereocenters. The largest absolute Gasteiger partial charge is 0.484 e. The van der Waals surface area contributed by atoms with Crippen molar-refractivity contribution in [3.8, 4) is 5.75 Å². The van der Waals surface area contributed by atoms with Gasteiger partial charge in [-0.05, 0) is 36.8 Å². The predicted molar refractivity (Wildman–Crippen MR) is 108 cm³/mol. The molecule has 0 amide bonds. The Morgan fingerprint density at radius 1 is 1.10 bits per heavy atom. The molecule has 0 atom stereocenters. The lowest BCUT2D eigenvalue weighted by atomic mass is 10.2. The summed E-state index contributed by atoms with van der Waals surface area (Å²) in [5.41, 5.74) is 1.74. The van der Waals surface area contributed by atoms with Crippen molar-refractivity contribution in [3.63, 3.8) is 0 Å². The van der Waals surface area contributed by atoms with E-state index in [2.05, 4.69) is 20.6 Å². The van der Waals surface area contributed by atoms with E-state index < -0.39 is 12.8 Å². The second kappa shape index (κ2) is 10.5. The summed E-state index contributed by atoms with van der Waals surface area (Å²) in [7, 11) is 3.87. The molecule has 0 fully saturated rings. The molecule has 1 heterocycles. The van der Waals surface area contributed by atoms with Crippen LogP contribution in [0.25, 0.3) is 0 Å². The van der Waals surface area contributed by atoms with Crippen molar-refractivity contribution in [1.29, 1.82) is 0 Å². The Labute approximate surface area is 168 Å². The van der Waals surface area contributed by atoms with Gasteiger partial charge in [-0.15, -0.1) is 0 Å². The molecule has 1 aromatic heterocycles. The Morgan fingerprint density at radius 2 is 1.83 bits per heavy atom. The van der Waals surface area contributed by atoms with E-state index in [0.29, 0.717) is 25.6 Å². The zero-order chi connectivity index (χ0) is 21.3. The summed E-state index contributed by atoms with van der Waals surface area (Å²) in [6.07, 6.45) is -4.35. The number of alkyl halides is 3. The number of anilines is 1.